The second kappa shape index (κ2) is 14.0. The molecule has 3 aromatic carbocycles. The molecule has 0 nitrogen and oxygen atoms in total. The molecule has 0 atom stereocenters. The number of unbranched alkanes of at least 4 members (excludes halogenated alkanes) is 1. The van der Waals surface area contributed by atoms with Crippen molar-refractivity contribution in [2.75, 3.05) is 0 Å². The molecule has 0 aromatic heterocycles. The minimum absolute atomic E-state index is 0. The average molecular weight is 576 g/mol. The maximum atomic E-state index is 2.53. The Morgan fingerprint density at radius 1 is 0.714 bits per heavy atom. The summed E-state index contributed by atoms with van der Waals surface area (Å²) >= 11 is 2.40. The Morgan fingerprint density at radius 2 is 1.14 bits per heavy atom. The van der Waals surface area contributed by atoms with Crippen molar-refractivity contribution < 1.29 is 57.7 Å². The van der Waals surface area contributed by atoms with Gasteiger partial charge in [0.15, 0.2) is 0 Å². The van der Waals surface area contributed by atoms with E-state index in [0.29, 0.717) is 0 Å². The SMILES string of the molecule is CCCCC1=CCC([Si](c2cccc(C)c2)(c2cccc(C)c2)c2cccc(C)c2)=[C]1[Ti+3].[Cl-].[Cl-].[Cl-]. The summed E-state index contributed by atoms with van der Waals surface area (Å²) < 4.78 is 1.55. The maximum absolute atomic E-state index is 2.53. The number of hydrogen-bond donors (Lipinski definition) is 0. The molecule has 0 saturated heterocycles. The van der Waals surface area contributed by atoms with Gasteiger partial charge in [0.2, 0.25) is 0 Å². The maximum Gasteiger partial charge on any atom is -1.00 e. The predicted octanol–water partition coefficient (Wildman–Crippen LogP) is -3.05. The van der Waals surface area contributed by atoms with Crippen LogP contribution in [0.25, 0.3) is 0 Å². The quantitative estimate of drug-likeness (QED) is 0.208. The molecular formula is C30H33Cl3SiTi. The first-order chi connectivity index (χ1) is 15.5. The minimum Gasteiger partial charge on any atom is -1.00 e. The van der Waals surface area contributed by atoms with E-state index >= 15 is 0 Å². The van der Waals surface area contributed by atoms with Gasteiger partial charge in [-0.2, -0.15) is 0 Å². The molecule has 0 heterocycles. The minimum atomic E-state index is -2.40. The molecule has 1 aliphatic rings. The molecule has 1 aliphatic carbocycles. The van der Waals surface area contributed by atoms with Crippen molar-refractivity contribution in [3.05, 3.63) is 110 Å². The van der Waals surface area contributed by atoms with Crippen LogP contribution in [0.3, 0.4) is 0 Å². The number of hydrogen-bond acceptors (Lipinski definition) is 0. The van der Waals surface area contributed by atoms with Gasteiger partial charge in [-0.25, -0.2) is 0 Å². The van der Waals surface area contributed by atoms with Crippen molar-refractivity contribution in [3.63, 3.8) is 0 Å². The van der Waals surface area contributed by atoms with Crippen LogP contribution < -0.4 is 52.8 Å². The number of halogens is 3. The van der Waals surface area contributed by atoms with Crippen LogP contribution >= 0.6 is 0 Å². The summed E-state index contributed by atoms with van der Waals surface area (Å²) in [5, 5.41) is 6.19. The van der Waals surface area contributed by atoms with Crippen LogP contribution in [-0.2, 0) is 20.4 Å². The zero-order valence-electron chi connectivity index (χ0n) is 21.0. The van der Waals surface area contributed by atoms with E-state index in [2.05, 4.69) is 127 Å². The monoisotopic (exact) mass is 574 g/mol. The van der Waals surface area contributed by atoms with Gasteiger partial charge in [-0.15, -0.1) is 0 Å². The summed E-state index contributed by atoms with van der Waals surface area (Å²) in [6.45, 7) is 8.99. The summed E-state index contributed by atoms with van der Waals surface area (Å²) in [6, 6.07) is 28.0. The first-order valence-corrected chi connectivity index (χ1v) is 14.6. The second-order valence-electron chi connectivity index (χ2n) is 9.25. The van der Waals surface area contributed by atoms with Crippen LogP contribution in [-0.4, -0.2) is 8.07 Å². The van der Waals surface area contributed by atoms with E-state index in [9.17, 15) is 0 Å². The molecular weight excluding hydrogens is 543 g/mol. The fraction of sp³-hybridized carbons (Fsp3) is 0.267. The van der Waals surface area contributed by atoms with Crippen molar-refractivity contribution in [2.45, 2.75) is 53.4 Å². The molecule has 0 unspecified atom stereocenters. The van der Waals surface area contributed by atoms with Gasteiger partial charge in [-0.05, 0) is 0 Å². The van der Waals surface area contributed by atoms with Crippen LogP contribution in [0.4, 0.5) is 0 Å². The fourth-order valence-corrected chi connectivity index (χ4v) is 12.0. The molecule has 0 bridgehead atoms. The molecule has 0 fully saturated rings. The molecule has 0 spiro atoms. The first kappa shape index (κ1) is 32.0. The van der Waals surface area contributed by atoms with Crippen molar-refractivity contribution >= 4 is 23.6 Å². The molecule has 0 radical (unpaired) electrons. The molecule has 4 rings (SSSR count). The van der Waals surface area contributed by atoms with Crippen molar-refractivity contribution in [1.29, 1.82) is 0 Å². The molecule has 35 heavy (non-hydrogen) atoms. The Kier molecular flexibility index (Phi) is 12.8. The Morgan fingerprint density at radius 3 is 1.51 bits per heavy atom. The fourth-order valence-electron chi connectivity index (χ4n) is 5.22. The van der Waals surface area contributed by atoms with Gasteiger partial charge >= 0.3 is 208 Å². The molecule has 0 saturated carbocycles. The topological polar surface area (TPSA) is 0 Å². The van der Waals surface area contributed by atoms with Crippen LogP contribution in [0.15, 0.2) is 93.5 Å². The van der Waals surface area contributed by atoms with Crippen LogP contribution in [0.1, 0.15) is 49.3 Å². The van der Waals surface area contributed by atoms with Crippen LogP contribution in [0, 0.1) is 20.8 Å². The largest absolute Gasteiger partial charge is 1.00 e. The van der Waals surface area contributed by atoms with Gasteiger partial charge in [-0.1, -0.05) is 0 Å². The molecule has 182 valence electrons. The molecule has 0 amide bonds. The standard InChI is InChI=1S/C30H33Si.3ClH.Ti/c1-5-6-13-26-17-18-30(22-26)31(27-14-7-10-23(2)19-27,28-15-8-11-24(3)20-28)29-16-9-12-25(4)21-29;;;;/h7-12,14-17,19-21H,5-6,13,18H2,1-4H3;3*1H;/q;;;;+3/p-3. The van der Waals surface area contributed by atoms with Crippen LogP contribution in [0.5, 0.6) is 0 Å². The number of allylic oxidation sites excluding steroid dienone is 4. The number of benzene rings is 3. The predicted molar refractivity (Wildman–Crippen MR) is 137 cm³/mol. The summed E-state index contributed by atoms with van der Waals surface area (Å²) in [6.07, 6.45) is 7.32. The summed E-state index contributed by atoms with van der Waals surface area (Å²) in [4.78, 5) is 0. The molecule has 5 heteroatoms. The Labute approximate surface area is 243 Å². The Balaban J connectivity index is 0.00000204. The summed E-state index contributed by atoms with van der Waals surface area (Å²) in [5.74, 6) is 0. The summed E-state index contributed by atoms with van der Waals surface area (Å²) in [5.41, 5.74) is 5.60. The van der Waals surface area contributed by atoms with E-state index in [4.69, 9.17) is 0 Å². The van der Waals surface area contributed by atoms with E-state index in [1.807, 2.05) is 0 Å². The zero-order valence-corrected chi connectivity index (χ0v) is 25.8. The van der Waals surface area contributed by atoms with Gasteiger partial charge in [0.25, 0.3) is 0 Å². The Bertz CT molecular complexity index is 1090. The van der Waals surface area contributed by atoms with E-state index < -0.39 is 8.07 Å². The van der Waals surface area contributed by atoms with Crippen molar-refractivity contribution in [3.8, 4) is 0 Å². The average Bonchev–Trinajstić information content (AvgIpc) is 3.14. The summed E-state index contributed by atoms with van der Waals surface area (Å²) in [7, 11) is -2.40. The third-order valence-electron chi connectivity index (χ3n) is 6.78. The molecule has 3 aromatic rings. The van der Waals surface area contributed by atoms with E-state index in [1.165, 1.54) is 51.5 Å². The van der Waals surface area contributed by atoms with E-state index in [1.54, 1.807) is 14.6 Å². The normalized spacial score (nSPS) is 12.9. The zero-order chi connectivity index (χ0) is 22.7. The van der Waals surface area contributed by atoms with Gasteiger partial charge in [-0.3, -0.25) is 0 Å². The van der Waals surface area contributed by atoms with Gasteiger partial charge in [0, 0.05) is 0 Å². The second-order valence-corrected chi connectivity index (χ2v) is 13.9. The van der Waals surface area contributed by atoms with Gasteiger partial charge in [0.1, 0.15) is 0 Å². The van der Waals surface area contributed by atoms with E-state index in [0.717, 1.165) is 6.42 Å². The molecule has 0 N–H and O–H groups in total. The number of aryl methyl sites for hydroxylation is 3. The van der Waals surface area contributed by atoms with Gasteiger partial charge < -0.3 is 37.2 Å². The third-order valence-corrected chi connectivity index (χ3v) is 13.0. The van der Waals surface area contributed by atoms with Gasteiger partial charge in [0.05, 0.1) is 0 Å². The first-order valence-electron chi connectivity index (χ1n) is 11.8. The smallest absolute Gasteiger partial charge is 1.00 e. The number of rotatable bonds is 7. The van der Waals surface area contributed by atoms with E-state index in [-0.39, 0.29) is 37.2 Å². The van der Waals surface area contributed by atoms with Crippen molar-refractivity contribution in [2.24, 2.45) is 0 Å². The molecule has 0 aliphatic heterocycles. The Hall–Kier alpha value is -1.06. The third kappa shape index (κ3) is 6.45. The van der Waals surface area contributed by atoms with Crippen molar-refractivity contribution in [1.82, 2.24) is 0 Å². The van der Waals surface area contributed by atoms with Crippen LogP contribution in [0.2, 0.25) is 0 Å².